The van der Waals surface area contributed by atoms with Crippen molar-refractivity contribution in [1.82, 2.24) is 10.2 Å². The van der Waals surface area contributed by atoms with Gasteiger partial charge in [0.05, 0.1) is 6.04 Å². The van der Waals surface area contributed by atoms with Crippen LogP contribution in [-0.2, 0) is 4.79 Å². The third-order valence-corrected chi connectivity index (χ3v) is 5.41. The van der Waals surface area contributed by atoms with Gasteiger partial charge in [-0.25, -0.2) is 0 Å². The molecule has 1 aromatic rings. The zero-order valence-electron chi connectivity index (χ0n) is 14.6. The number of benzene rings is 1. The molecule has 0 bridgehead atoms. The van der Waals surface area contributed by atoms with Gasteiger partial charge in [-0.2, -0.15) is 0 Å². The van der Waals surface area contributed by atoms with Gasteiger partial charge in [0.1, 0.15) is 5.75 Å². The number of hydrogen-bond donors (Lipinski definition) is 2. The van der Waals surface area contributed by atoms with E-state index in [2.05, 4.69) is 15.1 Å². The Kier molecular flexibility index (Phi) is 5.61. The second-order valence-corrected chi connectivity index (χ2v) is 7.06. The van der Waals surface area contributed by atoms with Crippen molar-refractivity contribution < 1.29 is 9.90 Å². The normalized spacial score (nSPS) is 21.5. The molecule has 0 spiro atoms. The molecule has 1 amide bonds. The van der Waals surface area contributed by atoms with E-state index in [1.807, 2.05) is 19.1 Å². The molecule has 1 saturated carbocycles. The molecule has 2 aliphatic rings. The molecule has 132 valence electrons. The van der Waals surface area contributed by atoms with Gasteiger partial charge in [0.25, 0.3) is 0 Å². The maximum Gasteiger partial charge on any atom is 0.237 e. The van der Waals surface area contributed by atoms with Crippen LogP contribution in [0.2, 0.25) is 0 Å². The van der Waals surface area contributed by atoms with Crippen LogP contribution in [0.1, 0.15) is 39.0 Å². The number of nitrogens with zero attached hydrogens (tertiary/aromatic N) is 2. The Bertz CT molecular complexity index is 532. The molecule has 2 N–H and O–H groups in total. The van der Waals surface area contributed by atoms with Gasteiger partial charge in [0.2, 0.25) is 5.91 Å². The molecule has 5 heteroatoms. The Morgan fingerprint density at radius 3 is 2.33 bits per heavy atom. The number of carbonyl (C=O) groups is 1. The zero-order valence-corrected chi connectivity index (χ0v) is 14.6. The Balaban J connectivity index is 1.48. The van der Waals surface area contributed by atoms with Crippen LogP contribution in [0.25, 0.3) is 0 Å². The molecule has 1 heterocycles. The average molecular weight is 331 g/mol. The van der Waals surface area contributed by atoms with Gasteiger partial charge < -0.3 is 15.3 Å². The van der Waals surface area contributed by atoms with Crippen LogP contribution in [0, 0.1) is 0 Å². The van der Waals surface area contributed by atoms with Crippen LogP contribution in [-0.4, -0.2) is 54.2 Å². The van der Waals surface area contributed by atoms with Crippen LogP contribution < -0.4 is 10.2 Å². The predicted molar refractivity (Wildman–Crippen MR) is 96.4 cm³/mol. The topological polar surface area (TPSA) is 55.8 Å². The number of aromatic hydroxyl groups is 1. The highest BCUT2D eigenvalue weighted by Gasteiger charge is 2.27. The molecule has 5 nitrogen and oxygen atoms in total. The fourth-order valence-corrected chi connectivity index (χ4v) is 3.77. The number of rotatable bonds is 4. The number of carbonyl (C=O) groups excluding carboxylic acids is 1. The number of phenols is 1. The molecule has 2 fully saturated rings. The van der Waals surface area contributed by atoms with E-state index in [4.69, 9.17) is 0 Å². The average Bonchev–Trinajstić information content (AvgIpc) is 2.63. The van der Waals surface area contributed by atoms with Gasteiger partial charge in [-0.15, -0.1) is 0 Å². The summed E-state index contributed by atoms with van der Waals surface area (Å²) in [6.45, 7) is 5.62. The summed E-state index contributed by atoms with van der Waals surface area (Å²) in [6.07, 6.45) is 6.05. The number of anilines is 1. The summed E-state index contributed by atoms with van der Waals surface area (Å²) in [5, 5.41) is 12.6. The minimum atomic E-state index is -0.0612. The van der Waals surface area contributed by atoms with Gasteiger partial charge in [-0.3, -0.25) is 9.69 Å². The lowest BCUT2D eigenvalue weighted by atomic mass is 9.95. The quantitative estimate of drug-likeness (QED) is 0.889. The molecule has 0 radical (unpaired) electrons. The lowest BCUT2D eigenvalue weighted by Gasteiger charge is -2.39. The van der Waals surface area contributed by atoms with E-state index in [9.17, 15) is 9.90 Å². The van der Waals surface area contributed by atoms with Crippen molar-refractivity contribution in [3.05, 3.63) is 24.3 Å². The van der Waals surface area contributed by atoms with E-state index in [1.165, 1.54) is 19.3 Å². The third kappa shape index (κ3) is 4.20. The van der Waals surface area contributed by atoms with Crippen LogP contribution in [0.5, 0.6) is 5.75 Å². The highest BCUT2D eigenvalue weighted by atomic mass is 16.3. The molecule has 1 saturated heterocycles. The molecule has 1 unspecified atom stereocenters. The smallest absolute Gasteiger partial charge is 0.237 e. The van der Waals surface area contributed by atoms with Crippen molar-refractivity contribution >= 4 is 11.6 Å². The first-order valence-corrected chi connectivity index (χ1v) is 9.22. The number of nitrogens with one attached hydrogen (secondary N) is 1. The fourth-order valence-electron chi connectivity index (χ4n) is 3.77. The van der Waals surface area contributed by atoms with E-state index in [-0.39, 0.29) is 11.9 Å². The predicted octanol–water partition coefficient (Wildman–Crippen LogP) is 2.35. The monoisotopic (exact) mass is 331 g/mol. The SMILES string of the molecule is CC(C(=O)NC1CCCCC1)N1CCN(c2ccc(O)cc2)CC1. The lowest BCUT2D eigenvalue weighted by molar-refractivity contribution is -0.127. The van der Waals surface area contributed by atoms with Crippen molar-refractivity contribution in [2.45, 2.75) is 51.1 Å². The highest BCUT2D eigenvalue weighted by Crippen LogP contribution is 2.21. The first kappa shape index (κ1) is 17.1. The summed E-state index contributed by atoms with van der Waals surface area (Å²) in [5.41, 5.74) is 1.13. The van der Waals surface area contributed by atoms with Gasteiger partial charge in [-0.1, -0.05) is 19.3 Å². The molecule has 1 aromatic carbocycles. The third-order valence-electron chi connectivity index (χ3n) is 5.41. The van der Waals surface area contributed by atoms with E-state index in [0.717, 1.165) is 44.7 Å². The van der Waals surface area contributed by atoms with Gasteiger partial charge in [0, 0.05) is 37.9 Å². The maximum atomic E-state index is 12.5. The molecule has 1 atom stereocenters. The van der Waals surface area contributed by atoms with Crippen molar-refractivity contribution in [2.75, 3.05) is 31.1 Å². The largest absolute Gasteiger partial charge is 0.508 e. The summed E-state index contributed by atoms with van der Waals surface area (Å²) in [6, 6.07) is 7.67. The molecule has 1 aliphatic heterocycles. The first-order valence-electron chi connectivity index (χ1n) is 9.22. The van der Waals surface area contributed by atoms with Crippen molar-refractivity contribution in [2.24, 2.45) is 0 Å². The second-order valence-electron chi connectivity index (χ2n) is 7.06. The zero-order chi connectivity index (χ0) is 16.9. The number of piperazine rings is 1. The molecule has 24 heavy (non-hydrogen) atoms. The van der Waals surface area contributed by atoms with E-state index >= 15 is 0 Å². The Hall–Kier alpha value is -1.75. The fraction of sp³-hybridized carbons (Fsp3) is 0.632. The number of amides is 1. The molecular formula is C19H29N3O2. The minimum Gasteiger partial charge on any atom is -0.508 e. The van der Waals surface area contributed by atoms with E-state index in [1.54, 1.807) is 12.1 Å². The van der Waals surface area contributed by atoms with Crippen LogP contribution in [0.4, 0.5) is 5.69 Å². The minimum absolute atomic E-state index is 0.0612. The van der Waals surface area contributed by atoms with Gasteiger partial charge in [-0.05, 0) is 44.0 Å². The summed E-state index contributed by atoms with van der Waals surface area (Å²) < 4.78 is 0. The summed E-state index contributed by atoms with van der Waals surface area (Å²) in [5.74, 6) is 0.477. The summed E-state index contributed by atoms with van der Waals surface area (Å²) in [4.78, 5) is 17.1. The van der Waals surface area contributed by atoms with Crippen molar-refractivity contribution in [3.63, 3.8) is 0 Å². The van der Waals surface area contributed by atoms with E-state index < -0.39 is 0 Å². The molecule has 1 aliphatic carbocycles. The van der Waals surface area contributed by atoms with Crippen LogP contribution in [0.15, 0.2) is 24.3 Å². The Morgan fingerprint density at radius 1 is 1.08 bits per heavy atom. The maximum absolute atomic E-state index is 12.5. The number of hydrogen-bond acceptors (Lipinski definition) is 4. The molecule has 0 aromatic heterocycles. The van der Waals surface area contributed by atoms with Crippen molar-refractivity contribution in [3.8, 4) is 5.75 Å². The molecule has 3 rings (SSSR count). The van der Waals surface area contributed by atoms with E-state index in [0.29, 0.717) is 11.8 Å². The molecular weight excluding hydrogens is 302 g/mol. The number of phenolic OH excluding ortho intramolecular Hbond substituents is 1. The van der Waals surface area contributed by atoms with Crippen LogP contribution in [0.3, 0.4) is 0 Å². The summed E-state index contributed by atoms with van der Waals surface area (Å²) in [7, 11) is 0. The lowest BCUT2D eigenvalue weighted by Crippen LogP contribution is -2.55. The first-order chi connectivity index (χ1) is 11.6. The second kappa shape index (κ2) is 7.88. The highest BCUT2D eigenvalue weighted by molar-refractivity contribution is 5.81. The van der Waals surface area contributed by atoms with Gasteiger partial charge >= 0.3 is 0 Å². The Labute approximate surface area is 144 Å². The standard InChI is InChI=1S/C19H29N3O2/c1-15(19(24)20-16-5-3-2-4-6-16)21-11-13-22(14-12-21)17-7-9-18(23)10-8-17/h7-10,15-16,23H,2-6,11-14H2,1H3,(H,20,24). The van der Waals surface area contributed by atoms with Crippen LogP contribution >= 0.6 is 0 Å². The van der Waals surface area contributed by atoms with Gasteiger partial charge in [0.15, 0.2) is 0 Å². The summed E-state index contributed by atoms with van der Waals surface area (Å²) >= 11 is 0. The Morgan fingerprint density at radius 2 is 1.71 bits per heavy atom. The van der Waals surface area contributed by atoms with Crippen molar-refractivity contribution in [1.29, 1.82) is 0 Å².